The number of ether oxygens (including phenoxy) is 1. The lowest BCUT2D eigenvalue weighted by Gasteiger charge is -2.29. The lowest BCUT2D eigenvalue weighted by atomic mass is 10.0. The molecule has 3 rings (SSSR count). The van der Waals surface area contributed by atoms with Crippen LogP contribution < -0.4 is 9.64 Å². The standard InChI is InChI=1S/C18H25FN4O3S/c1-4-21(5-2)27(24,25)23-18(10-11-20-23)22-12-6-7-16(22)15-13-14(19)8-9-17(15)26-3/h8-11,13,16H,4-7,12H2,1-3H3/t16-/m1/s1. The van der Waals surface area contributed by atoms with Gasteiger partial charge >= 0.3 is 10.2 Å². The molecule has 148 valence electrons. The van der Waals surface area contributed by atoms with Crippen LogP contribution in [0.3, 0.4) is 0 Å². The van der Waals surface area contributed by atoms with Gasteiger partial charge in [0, 0.05) is 31.3 Å². The molecule has 0 radical (unpaired) electrons. The number of methoxy groups -OCH3 is 1. The molecule has 1 aromatic carbocycles. The number of halogens is 1. The zero-order valence-corrected chi connectivity index (χ0v) is 16.6. The molecule has 1 aliphatic rings. The molecular formula is C18H25FN4O3S. The molecule has 0 unspecified atom stereocenters. The molecular weight excluding hydrogens is 371 g/mol. The summed E-state index contributed by atoms with van der Waals surface area (Å²) in [6.45, 7) is 4.96. The number of rotatable bonds is 7. The molecule has 1 fully saturated rings. The first-order valence-electron chi connectivity index (χ1n) is 9.08. The highest BCUT2D eigenvalue weighted by Crippen LogP contribution is 2.40. The largest absolute Gasteiger partial charge is 0.496 e. The van der Waals surface area contributed by atoms with Gasteiger partial charge in [-0.1, -0.05) is 13.8 Å². The van der Waals surface area contributed by atoms with E-state index in [1.54, 1.807) is 33.1 Å². The second-order valence-electron chi connectivity index (χ2n) is 6.36. The number of nitrogens with zero attached hydrogens (tertiary/aromatic N) is 4. The van der Waals surface area contributed by atoms with Gasteiger partial charge in [-0.3, -0.25) is 0 Å². The Morgan fingerprint density at radius 2 is 2.04 bits per heavy atom. The monoisotopic (exact) mass is 396 g/mol. The lowest BCUT2D eigenvalue weighted by molar-refractivity contribution is 0.403. The Bertz CT molecular complexity index is 896. The molecule has 2 heterocycles. The Morgan fingerprint density at radius 1 is 1.30 bits per heavy atom. The van der Waals surface area contributed by atoms with Crippen molar-refractivity contribution in [3.63, 3.8) is 0 Å². The van der Waals surface area contributed by atoms with E-state index in [4.69, 9.17) is 4.74 Å². The van der Waals surface area contributed by atoms with Crippen LogP contribution in [0.1, 0.15) is 38.3 Å². The summed E-state index contributed by atoms with van der Waals surface area (Å²) >= 11 is 0. The first-order valence-corrected chi connectivity index (χ1v) is 10.5. The fraction of sp³-hybridized carbons (Fsp3) is 0.500. The Balaban J connectivity index is 2.03. The summed E-state index contributed by atoms with van der Waals surface area (Å²) in [6.07, 6.45) is 3.12. The molecule has 1 atom stereocenters. The van der Waals surface area contributed by atoms with Crippen LogP contribution in [0.25, 0.3) is 0 Å². The van der Waals surface area contributed by atoms with E-state index < -0.39 is 10.2 Å². The van der Waals surface area contributed by atoms with Gasteiger partial charge in [-0.15, -0.1) is 4.09 Å². The fourth-order valence-electron chi connectivity index (χ4n) is 3.66. The quantitative estimate of drug-likeness (QED) is 0.720. The second kappa shape index (κ2) is 7.85. The van der Waals surface area contributed by atoms with Gasteiger partial charge in [0.15, 0.2) is 0 Å². The predicted molar refractivity (Wildman–Crippen MR) is 102 cm³/mol. The predicted octanol–water partition coefficient (Wildman–Crippen LogP) is 2.81. The van der Waals surface area contributed by atoms with Gasteiger partial charge < -0.3 is 9.64 Å². The third-order valence-electron chi connectivity index (χ3n) is 4.94. The Kier molecular flexibility index (Phi) is 5.71. The van der Waals surface area contributed by atoms with Gasteiger partial charge in [-0.2, -0.15) is 17.8 Å². The van der Waals surface area contributed by atoms with Crippen LogP contribution in [0.5, 0.6) is 5.75 Å². The van der Waals surface area contributed by atoms with Gasteiger partial charge in [0.05, 0.1) is 19.3 Å². The number of anilines is 1. The fourth-order valence-corrected chi connectivity index (χ4v) is 5.10. The highest BCUT2D eigenvalue weighted by molar-refractivity contribution is 7.87. The maximum atomic E-state index is 13.9. The van der Waals surface area contributed by atoms with Gasteiger partial charge in [-0.25, -0.2) is 4.39 Å². The van der Waals surface area contributed by atoms with Crippen LogP contribution in [0.4, 0.5) is 10.2 Å². The van der Waals surface area contributed by atoms with Crippen molar-refractivity contribution in [1.82, 2.24) is 13.5 Å². The molecule has 0 N–H and O–H groups in total. The molecule has 0 spiro atoms. The van der Waals surface area contributed by atoms with Gasteiger partial charge in [0.25, 0.3) is 0 Å². The summed E-state index contributed by atoms with van der Waals surface area (Å²) in [7, 11) is -2.22. The SMILES string of the molecule is CCN(CC)S(=O)(=O)n1nccc1N1CCC[C@@H]1c1cc(F)ccc1OC. The van der Waals surface area contributed by atoms with Crippen molar-refractivity contribution in [1.29, 1.82) is 0 Å². The first-order chi connectivity index (χ1) is 12.9. The van der Waals surface area contributed by atoms with E-state index in [2.05, 4.69) is 5.10 Å². The third-order valence-corrected chi connectivity index (χ3v) is 6.83. The van der Waals surface area contributed by atoms with Gasteiger partial charge in [-0.05, 0) is 31.0 Å². The van der Waals surface area contributed by atoms with Crippen molar-refractivity contribution in [2.45, 2.75) is 32.7 Å². The van der Waals surface area contributed by atoms with Crippen molar-refractivity contribution in [2.75, 3.05) is 31.6 Å². The van der Waals surface area contributed by atoms with Crippen LogP contribution >= 0.6 is 0 Å². The van der Waals surface area contributed by atoms with E-state index in [-0.39, 0.29) is 11.9 Å². The molecule has 0 saturated carbocycles. The van der Waals surface area contributed by atoms with Crippen molar-refractivity contribution in [3.05, 3.63) is 41.8 Å². The van der Waals surface area contributed by atoms with Crippen LogP contribution in [0.2, 0.25) is 0 Å². The summed E-state index contributed by atoms with van der Waals surface area (Å²) < 4.78 is 47.7. The average molecular weight is 396 g/mol. The van der Waals surface area contributed by atoms with Gasteiger partial charge in [0.1, 0.15) is 17.4 Å². The summed E-state index contributed by atoms with van der Waals surface area (Å²) in [6, 6.07) is 5.92. The molecule has 0 bridgehead atoms. The molecule has 1 aliphatic heterocycles. The van der Waals surface area contributed by atoms with E-state index >= 15 is 0 Å². The number of aromatic nitrogens is 2. The number of hydrogen-bond donors (Lipinski definition) is 0. The minimum atomic E-state index is -3.76. The van der Waals surface area contributed by atoms with Crippen molar-refractivity contribution < 1.29 is 17.5 Å². The Hall–Kier alpha value is -2.13. The third kappa shape index (κ3) is 3.53. The van der Waals surface area contributed by atoms with Crippen LogP contribution in [-0.2, 0) is 10.2 Å². The first kappa shape index (κ1) is 19.6. The Labute approximate surface area is 159 Å². The van der Waals surface area contributed by atoms with Crippen molar-refractivity contribution in [3.8, 4) is 5.75 Å². The van der Waals surface area contributed by atoms with Crippen LogP contribution in [0.15, 0.2) is 30.5 Å². The molecule has 9 heteroatoms. The van der Waals surface area contributed by atoms with E-state index in [0.29, 0.717) is 36.8 Å². The van der Waals surface area contributed by atoms with Crippen LogP contribution in [-0.4, -0.2) is 48.7 Å². The molecule has 27 heavy (non-hydrogen) atoms. The lowest BCUT2D eigenvalue weighted by Crippen LogP contribution is -2.38. The molecule has 1 saturated heterocycles. The normalized spacial score (nSPS) is 17.7. The minimum absolute atomic E-state index is 0.182. The highest BCUT2D eigenvalue weighted by Gasteiger charge is 2.34. The maximum absolute atomic E-state index is 13.9. The average Bonchev–Trinajstić information content (AvgIpc) is 3.31. The molecule has 2 aromatic rings. The molecule has 7 nitrogen and oxygen atoms in total. The van der Waals surface area contributed by atoms with Crippen molar-refractivity contribution in [2.24, 2.45) is 0 Å². The Morgan fingerprint density at radius 3 is 2.70 bits per heavy atom. The minimum Gasteiger partial charge on any atom is -0.496 e. The summed E-state index contributed by atoms with van der Waals surface area (Å²) in [5.41, 5.74) is 0.711. The number of benzene rings is 1. The van der Waals surface area contributed by atoms with Crippen molar-refractivity contribution >= 4 is 16.0 Å². The van der Waals surface area contributed by atoms with E-state index in [1.165, 1.54) is 22.6 Å². The topological polar surface area (TPSA) is 67.7 Å². The summed E-state index contributed by atoms with van der Waals surface area (Å²) in [5.74, 6) is 0.726. The molecule has 0 amide bonds. The van der Waals surface area contributed by atoms with E-state index in [9.17, 15) is 12.8 Å². The maximum Gasteiger partial charge on any atom is 0.324 e. The zero-order valence-electron chi connectivity index (χ0n) is 15.8. The zero-order chi connectivity index (χ0) is 19.6. The smallest absolute Gasteiger partial charge is 0.324 e. The van der Waals surface area contributed by atoms with Crippen LogP contribution in [0, 0.1) is 5.82 Å². The van der Waals surface area contributed by atoms with Gasteiger partial charge in [0.2, 0.25) is 0 Å². The summed E-state index contributed by atoms with van der Waals surface area (Å²) in [4.78, 5) is 1.96. The molecule has 1 aromatic heterocycles. The van der Waals surface area contributed by atoms with E-state index in [1.807, 2.05) is 4.90 Å². The number of hydrogen-bond acceptors (Lipinski definition) is 5. The molecule has 0 aliphatic carbocycles. The highest BCUT2D eigenvalue weighted by atomic mass is 32.2. The second-order valence-corrected chi connectivity index (χ2v) is 8.12. The summed E-state index contributed by atoms with van der Waals surface area (Å²) in [5, 5.41) is 4.08. The van der Waals surface area contributed by atoms with E-state index in [0.717, 1.165) is 16.9 Å².